The Morgan fingerprint density at radius 3 is 2.00 bits per heavy atom. The van der Waals surface area contributed by atoms with Gasteiger partial charge in [-0.05, 0) is 67.3 Å². The zero-order valence-corrected chi connectivity index (χ0v) is 13.3. The summed E-state index contributed by atoms with van der Waals surface area (Å²) in [7, 11) is 0. The summed E-state index contributed by atoms with van der Waals surface area (Å²) in [4.78, 5) is 10.1. The molecule has 0 heterocycles. The van der Waals surface area contributed by atoms with Crippen molar-refractivity contribution >= 4 is 49.7 Å². The van der Waals surface area contributed by atoms with Crippen molar-refractivity contribution in [1.82, 2.24) is 0 Å². The number of halogens is 2. The number of benzene rings is 2. The Morgan fingerprint density at radius 1 is 1.00 bits per heavy atom. The van der Waals surface area contributed by atoms with Crippen molar-refractivity contribution in [1.29, 1.82) is 0 Å². The third-order valence-corrected chi connectivity index (χ3v) is 3.82. The van der Waals surface area contributed by atoms with Crippen LogP contribution in [-0.2, 0) is 0 Å². The Bertz CT molecular complexity index is 658. The molecule has 0 fully saturated rings. The lowest BCUT2D eigenvalue weighted by Crippen LogP contribution is -1.86. The number of aromatic hydroxyl groups is 1. The Kier molecular flexibility index (Phi) is 4.57. The van der Waals surface area contributed by atoms with Crippen LogP contribution in [0, 0.1) is 10.1 Å². The molecule has 0 aliphatic carbocycles. The van der Waals surface area contributed by atoms with Gasteiger partial charge in [0.05, 0.1) is 13.9 Å². The number of phenolic OH excluding ortho intramolecular Hbond substituents is 1. The largest absolute Gasteiger partial charge is 0.506 e. The topological polar surface area (TPSA) is 63.4 Å². The van der Waals surface area contributed by atoms with Crippen LogP contribution in [0.1, 0.15) is 11.1 Å². The molecule has 102 valence electrons. The van der Waals surface area contributed by atoms with E-state index in [4.69, 9.17) is 0 Å². The summed E-state index contributed by atoms with van der Waals surface area (Å²) in [5.41, 5.74) is 1.81. The lowest BCUT2D eigenvalue weighted by atomic mass is 10.1. The van der Waals surface area contributed by atoms with E-state index in [0.29, 0.717) is 8.95 Å². The number of rotatable bonds is 3. The number of nitro benzene ring substituents is 1. The first-order valence-corrected chi connectivity index (χ1v) is 7.16. The SMILES string of the molecule is O=[N+]([O-])c1ccc(/C=C/c2cc(Br)c(O)c(Br)c2)cc1. The van der Waals surface area contributed by atoms with Crippen molar-refractivity contribution < 1.29 is 10.0 Å². The van der Waals surface area contributed by atoms with Crippen LogP contribution in [0.3, 0.4) is 0 Å². The maximum atomic E-state index is 10.6. The highest BCUT2D eigenvalue weighted by atomic mass is 79.9. The average molecular weight is 399 g/mol. The fourth-order valence-electron chi connectivity index (χ4n) is 1.58. The maximum absolute atomic E-state index is 10.6. The van der Waals surface area contributed by atoms with Gasteiger partial charge in [0.25, 0.3) is 5.69 Å². The van der Waals surface area contributed by atoms with Gasteiger partial charge < -0.3 is 5.11 Å². The summed E-state index contributed by atoms with van der Waals surface area (Å²) in [6.45, 7) is 0. The molecule has 2 aromatic carbocycles. The van der Waals surface area contributed by atoms with Crippen molar-refractivity contribution in [2.24, 2.45) is 0 Å². The van der Waals surface area contributed by atoms with Crippen LogP contribution in [0.15, 0.2) is 45.3 Å². The molecule has 2 rings (SSSR count). The van der Waals surface area contributed by atoms with Gasteiger partial charge in [0, 0.05) is 12.1 Å². The Hall–Kier alpha value is -1.66. The quantitative estimate of drug-likeness (QED) is 0.449. The molecule has 0 atom stereocenters. The van der Waals surface area contributed by atoms with E-state index in [9.17, 15) is 15.2 Å². The first-order chi connectivity index (χ1) is 9.47. The maximum Gasteiger partial charge on any atom is 0.269 e. The Labute approximate surface area is 132 Å². The second-order valence-corrected chi connectivity index (χ2v) is 5.72. The van der Waals surface area contributed by atoms with Crippen LogP contribution < -0.4 is 0 Å². The molecule has 0 radical (unpaired) electrons. The molecule has 4 nitrogen and oxygen atoms in total. The molecule has 0 amide bonds. The van der Waals surface area contributed by atoms with E-state index in [1.165, 1.54) is 12.1 Å². The molecule has 0 aromatic heterocycles. The van der Waals surface area contributed by atoms with Crippen molar-refractivity contribution in [2.75, 3.05) is 0 Å². The van der Waals surface area contributed by atoms with E-state index in [1.807, 2.05) is 12.2 Å². The normalized spacial score (nSPS) is 10.9. The van der Waals surface area contributed by atoms with Crippen LogP contribution >= 0.6 is 31.9 Å². The molecule has 0 saturated heterocycles. The van der Waals surface area contributed by atoms with Gasteiger partial charge in [0.15, 0.2) is 0 Å². The smallest absolute Gasteiger partial charge is 0.269 e. The molecule has 0 spiro atoms. The average Bonchev–Trinajstić information content (AvgIpc) is 2.42. The zero-order chi connectivity index (χ0) is 14.7. The van der Waals surface area contributed by atoms with Crippen LogP contribution in [0.4, 0.5) is 5.69 Å². The number of phenols is 1. The van der Waals surface area contributed by atoms with E-state index < -0.39 is 4.92 Å². The number of hydrogen-bond donors (Lipinski definition) is 1. The third-order valence-electron chi connectivity index (χ3n) is 2.61. The minimum absolute atomic E-state index is 0.0669. The Morgan fingerprint density at radius 2 is 1.50 bits per heavy atom. The van der Waals surface area contributed by atoms with E-state index in [1.54, 1.807) is 24.3 Å². The van der Waals surface area contributed by atoms with Gasteiger partial charge in [-0.2, -0.15) is 0 Å². The fraction of sp³-hybridized carbons (Fsp3) is 0. The molecule has 2 aromatic rings. The molecule has 0 unspecified atom stereocenters. The van der Waals surface area contributed by atoms with Gasteiger partial charge in [-0.1, -0.05) is 12.2 Å². The van der Waals surface area contributed by atoms with Gasteiger partial charge in [-0.15, -0.1) is 0 Å². The predicted octanol–water partition coefficient (Wildman–Crippen LogP) is 5.00. The lowest BCUT2D eigenvalue weighted by molar-refractivity contribution is -0.384. The molecule has 1 N–H and O–H groups in total. The second-order valence-electron chi connectivity index (χ2n) is 4.02. The van der Waals surface area contributed by atoms with Gasteiger partial charge >= 0.3 is 0 Å². The molecule has 6 heteroatoms. The Balaban J connectivity index is 2.23. The predicted molar refractivity (Wildman–Crippen MR) is 85.5 cm³/mol. The molecule has 20 heavy (non-hydrogen) atoms. The summed E-state index contributed by atoms with van der Waals surface area (Å²) in [5.74, 6) is 0.150. The first-order valence-electron chi connectivity index (χ1n) is 5.58. The number of non-ortho nitro benzene ring substituents is 1. The van der Waals surface area contributed by atoms with Crippen LogP contribution in [0.25, 0.3) is 12.2 Å². The van der Waals surface area contributed by atoms with E-state index in [2.05, 4.69) is 31.9 Å². The number of hydrogen-bond acceptors (Lipinski definition) is 3. The first kappa shape index (κ1) is 14.7. The number of nitrogens with zero attached hydrogens (tertiary/aromatic N) is 1. The van der Waals surface area contributed by atoms with Crippen molar-refractivity contribution in [2.45, 2.75) is 0 Å². The second kappa shape index (κ2) is 6.19. The lowest BCUT2D eigenvalue weighted by Gasteiger charge is -2.02. The molecular formula is C14H9Br2NO3. The highest BCUT2D eigenvalue weighted by molar-refractivity contribution is 9.11. The standard InChI is InChI=1S/C14H9Br2NO3/c15-12-7-10(8-13(16)14(12)18)2-1-9-3-5-11(6-4-9)17(19)20/h1-8,18H/b2-1+. The minimum Gasteiger partial charge on any atom is -0.506 e. The van der Waals surface area contributed by atoms with Gasteiger partial charge in [-0.25, -0.2) is 0 Å². The molecule has 0 aliphatic heterocycles. The van der Waals surface area contributed by atoms with Gasteiger partial charge in [0.1, 0.15) is 5.75 Å². The summed E-state index contributed by atoms with van der Waals surface area (Å²) in [6, 6.07) is 9.84. The number of nitro groups is 1. The van der Waals surface area contributed by atoms with Crippen molar-refractivity contribution in [3.05, 3.63) is 66.6 Å². The highest BCUT2D eigenvalue weighted by Gasteiger charge is 2.05. The van der Waals surface area contributed by atoms with Crippen LogP contribution in [0.5, 0.6) is 5.75 Å². The molecular weight excluding hydrogens is 390 g/mol. The fourth-order valence-corrected chi connectivity index (χ4v) is 2.80. The minimum atomic E-state index is -0.429. The van der Waals surface area contributed by atoms with Crippen molar-refractivity contribution in [3.8, 4) is 5.75 Å². The summed E-state index contributed by atoms with van der Waals surface area (Å²) in [6.07, 6.45) is 3.70. The monoisotopic (exact) mass is 397 g/mol. The van der Waals surface area contributed by atoms with E-state index in [0.717, 1.165) is 11.1 Å². The van der Waals surface area contributed by atoms with E-state index in [-0.39, 0.29) is 11.4 Å². The molecule has 0 bridgehead atoms. The van der Waals surface area contributed by atoms with Gasteiger partial charge in [-0.3, -0.25) is 10.1 Å². The van der Waals surface area contributed by atoms with E-state index >= 15 is 0 Å². The summed E-state index contributed by atoms with van der Waals surface area (Å²) < 4.78 is 1.19. The summed E-state index contributed by atoms with van der Waals surface area (Å²) in [5, 5.41) is 20.2. The summed E-state index contributed by atoms with van der Waals surface area (Å²) >= 11 is 6.52. The third kappa shape index (κ3) is 3.46. The molecule has 0 aliphatic rings. The highest BCUT2D eigenvalue weighted by Crippen LogP contribution is 2.33. The van der Waals surface area contributed by atoms with Crippen LogP contribution in [-0.4, -0.2) is 10.0 Å². The van der Waals surface area contributed by atoms with Crippen molar-refractivity contribution in [3.63, 3.8) is 0 Å². The van der Waals surface area contributed by atoms with Gasteiger partial charge in [0.2, 0.25) is 0 Å². The zero-order valence-electron chi connectivity index (χ0n) is 10.1. The van der Waals surface area contributed by atoms with Crippen LogP contribution in [0.2, 0.25) is 0 Å². The molecule has 0 saturated carbocycles.